The molecule has 2 aliphatic carbocycles. The molecule has 2 aliphatic rings. The fraction of sp³-hybridized carbons (Fsp3) is 0.409. The van der Waals surface area contributed by atoms with E-state index < -0.39 is 15.9 Å². The van der Waals surface area contributed by atoms with Gasteiger partial charge in [-0.25, -0.2) is 14.1 Å². The molecule has 0 saturated carbocycles. The van der Waals surface area contributed by atoms with Crippen molar-refractivity contribution in [3.63, 3.8) is 0 Å². The highest BCUT2D eigenvalue weighted by molar-refractivity contribution is 7.91. The first-order chi connectivity index (χ1) is 13.8. The fourth-order valence-corrected chi connectivity index (χ4v) is 5.35. The summed E-state index contributed by atoms with van der Waals surface area (Å²) in [7, 11) is 0.662. The number of nitrogens with zero attached hydrogens (tertiary/aromatic N) is 2. The minimum absolute atomic E-state index is 0.360. The normalized spacial score (nSPS) is 17.0. The van der Waals surface area contributed by atoms with E-state index >= 15 is 0 Å². The van der Waals surface area contributed by atoms with E-state index in [2.05, 4.69) is 15.7 Å². The Morgan fingerprint density at radius 3 is 2.21 bits per heavy atom. The molecule has 0 aliphatic heterocycles. The van der Waals surface area contributed by atoms with E-state index in [0.717, 1.165) is 56.3 Å². The lowest BCUT2D eigenvalue weighted by Gasteiger charge is -2.15. The third-order valence-electron chi connectivity index (χ3n) is 5.68. The summed E-state index contributed by atoms with van der Waals surface area (Å²) in [4.78, 5) is 15.1. The van der Waals surface area contributed by atoms with Crippen molar-refractivity contribution in [2.75, 3.05) is 19.4 Å². The maximum Gasteiger partial charge on any atom is 0.354 e. The van der Waals surface area contributed by atoms with Crippen molar-refractivity contribution in [2.24, 2.45) is 9.50 Å². The van der Waals surface area contributed by atoms with Crippen molar-refractivity contribution in [3.05, 3.63) is 58.1 Å². The zero-order chi connectivity index (χ0) is 20.6. The van der Waals surface area contributed by atoms with Gasteiger partial charge in [0.05, 0.1) is 4.90 Å². The summed E-state index contributed by atoms with van der Waals surface area (Å²) in [6.07, 6.45) is 6.23. The number of aryl methyl sites for hydroxylation is 2. The Morgan fingerprint density at radius 2 is 1.66 bits per heavy atom. The molecular weight excluding hydrogens is 384 g/mol. The summed E-state index contributed by atoms with van der Waals surface area (Å²) in [5, 5.41) is 8.89. The standard InChI is InChI=1S/C22H28N4O2S/c1-26(2)14-15-9-11-18(12-10-15)29(23,28)25-22(27)24-21-19-7-3-5-16(19)13-17-6-4-8-20(17)21/h9-13H,3-8,14H2,1-2H3,(H3,23,24,25,27,28)/t29-/m1/s1. The van der Waals surface area contributed by atoms with Crippen molar-refractivity contribution >= 4 is 21.6 Å². The molecule has 4 rings (SSSR count). The largest absolute Gasteiger partial charge is 0.354 e. The molecule has 0 bridgehead atoms. The quantitative estimate of drug-likeness (QED) is 0.803. The van der Waals surface area contributed by atoms with Crippen LogP contribution in [-0.2, 0) is 42.1 Å². The van der Waals surface area contributed by atoms with Gasteiger partial charge < -0.3 is 10.2 Å². The monoisotopic (exact) mass is 412 g/mol. The highest BCUT2D eigenvalue weighted by Crippen LogP contribution is 2.38. The van der Waals surface area contributed by atoms with Gasteiger partial charge in [0.25, 0.3) is 0 Å². The Kier molecular flexibility index (Phi) is 5.46. The van der Waals surface area contributed by atoms with E-state index in [1.54, 1.807) is 12.1 Å². The Hall–Kier alpha value is -2.22. The van der Waals surface area contributed by atoms with Crippen LogP contribution in [0.25, 0.3) is 0 Å². The number of carbonyl (C=O) groups excluding carboxylic acids is 1. The first kappa shape index (κ1) is 20.1. The molecule has 0 aromatic heterocycles. The van der Waals surface area contributed by atoms with Gasteiger partial charge in [-0.2, -0.15) is 0 Å². The molecule has 0 saturated heterocycles. The first-order valence-corrected chi connectivity index (χ1v) is 11.7. The van der Waals surface area contributed by atoms with Crippen LogP contribution < -0.4 is 10.5 Å². The molecule has 0 spiro atoms. The number of nitrogens with one attached hydrogen (secondary N) is 1. The summed E-state index contributed by atoms with van der Waals surface area (Å²) in [6.45, 7) is 0.772. The lowest BCUT2D eigenvalue weighted by molar-refractivity contribution is 0.260. The average Bonchev–Trinajstić information content (AvgIpc) is 3.30. The molecule has 3 N–H and O–H groups in total. The number of rotatable bonds is 4. The summed E-state index contributed by atoms with van der Waals surface area (Å²) < 4.78 is 16.8. The van der Waals surface area contributed by atoms with Gasteiger partial charge in [-0.05, 0) is 92.6 Å². The highest BCUT2D eigenvalue weighted by Gasteiger charge is 2.25. The van der Waals surface area contributed by atoms with Crippen LogP contribution >= 0.6 is 0 Å². The van der Waals surface area contributed by atoms with E-state index in [4.69, 9.17) is 5.14 Å². The van der Waals surface area contributed by atoms with Crippen molar-refractivity contribution in [1.29, 1.82) is 0 Å². The van der Waals surface area contributed by atoms with Crippen LogP contribution in [-0.4, -0.2) is 29.2 Å². The number of fused-ring (bicyclic) bond motifs is 2. The van der Waals surface area contributed by atoms with Crippen LogP contribution in [0.4, 0.5) is 10.5 Å². The first-order valence-electron chi connectivity index (χ1n) is 10.1. The lowest BCUT2D eigenvalue weighted by Crippen LogP contribution is -2.19. The number of benzene rings is 2. The van der Waals surface area contributed by atoms with Gasteiger partial charge in [0.15, 0.2) is 0 Å². The van der Waals surface area contributed by atoms with Crippen LogP contribution in [0.1, 0.15) is 40.7 Å². The number of amides is 2. The average molecular weight is 413 g/mol. The van der Waals surface area contributed by atoms with Crippen molar-refractivity contribution in [2.45, 2.75) is 50.0 Å². The molecule has 0 radical (unpaired) electrons. The number of nitrogens with two attached hydrogens (primary N) is 1. The van der Waals surface area contributed by atoms with Gasteiger partial charge in [-0.15, -0.1) is 4.36 Å². The number of hydrogen-bond donors (Lipinski definition) is 2. The number of anilines is 1. The van der Waals surface area contributed by atoms with E-state index in [-0.39, 0.29) is 0 Å². The van der Waals surface area contributed by atoms with Gasteiger partial charge in [0.1, 0.15) is 9.92 Å². The third kappa shape index (κ3) is 4.22. The Labute approximate surface area is 172 Å². The molecule has 1 atom stereocenters. The van der Waals surface area contributed by atoms with Gasteiger partial charge in [0, 0.05) is 12.2 Å². The molecule has 7 heteroatoms. The van der Waals surface area contributed by atoms with Crippen LogP contribution in [0.15, 0.2) is 39.6 Å². The van der Waals surface area contributed by atoms with Crippen molar-refractivity contribution < 1.29 is 9.00 Å². The molecule has 0 unspecified atom stereocenters. The van der Waals surface area contributed by atoms with E-state index in [1.807, 2.05) is 31.1 Å². The Bertz CT molecular complexity index is 1030. The smallest absolute Gasteiger partial charge is 0.305 e. The zero-order valence-corrected chi connectivity index (χ0v) is 17.8. The fourth-order valence-electron chi connectivity index (χ4n) is 4.43. The van der Waals surface area contributed by atoms with Crippen LogP contribution in [0, 0.1) is 0 Å². The molecule has 2 amide bonds. The SMILES string of the molecule is CN(C)Cc1ccc([S@](N)(=O)=NC(=O)Nc2c3c(cc4c2CCC4)CCC3)cc1. The molecule has 29 heavy (non-hydrogen) atoms. The second-order valence-corrected chi connectivity index (χ2v) is 10.00. The number of hydrogen-bond acceptors (Lipinski definition) is 3. The molecular formula is C22H28N4O2S. The van der Waals surface area contributed by atoms with Gasteiger partial charge in [-0.1, -0.05) is 18.2 Å². The van der Waals surface area contributed by atoms with Crippen LogP contribution in [0.2, 0.25) is 0 Å². The summed E-state index contributed by atoms with van der Waals surface area (Å²) in [6, 6.07) is 8.78. The topological polar surface area (TPSA) is 87.8 Å². The Morgan fingerprint density at radius 1 is 1.07 bits per heavy atom. The third-order valence-corrected chi connectivity index (χ3v) is 7.07. The van der Waals surface area contributed by atoms with E-state index in [9.17, 15) is 9.00 Å². The molecule has 2 aromatic rings. The lowest BCUT2D eigenvalue weighted by atomic mass is 9.99. The predicted octanol–water partition coefficient (Wildman–Crippen LogP) is 3.66. The summed E-state index contributed by atoms with van der Waals surface area (Å²) in [5.74, 6) is 0. The molecule has 0 fully saturated rings. The second-order valence-electron chi connectivity index (χ2n) is 8.21. The van der Waals surface area contributed by atoms with Gasteiger partial charge in [-0.3, -0.25) is 0 Å². The molecule has 154 valence electrons. The zero-order valence-electron chi connectivity index (χ0n) is 17.0. The Balaban J connectivity index is 1.59. The predicted molar refractivity (Wildman–Crippen MR) is 116 cm³/mol. The second kappa shape index (κ2) is 7.89. The number of carbonyl (C=O) groups is 1. The maximum absolute atomic E-state index is 12.9. The minimum atomic E-state index is -3.30. The highest BCUT2D eigenvalue weighted by atomic mass is 32.2. The minimum Gasteiger partial charge on any atom is -0.305 e. The van der Waals surface area contributed by atoms with E-state index in [0.29, 0.717) is 4.90 Å². The van der Waals surface area contributed by atoms with Crippen molar-refractivity contribution in [1.82, 2.24) is 4.90 Å². The molecule has 0 heterocycles. The molecule has 2 aromatic carbocycles. The van der Waals surface area contributed by atoms with Crippen molar-refractivity contribution in [3.8, 4) is 0 Å². The van der Waals surface area contributed by atoms with E-state index in [1.165, 1.54) is 22.3 Å². The molecule has 6 nitrogen and oxygen atoms in total. The van der Waals surface area contributed by atoms with Crippen LogP contribution in [0.5, 0.6) is 0 Å². The maximum atomic E-state index is 12.9. The van der Waals surface area contributed by atoms with Crippen LogP contribution in [0.3, 0.4) is 0 Å². The summed E-state index contributed by atoms with van der Waals surface area (Å²) >= 11 is 0. The van der Waals surface area contributed by atoms with Gasteiger partial charge >= 0.3 is 6.03 Å². The summed E-state index contributed by atoms with van der Waals surface area (Å²) in [5.41, 5.74) is 7.04. The number of urea groups is 1. The van der Waals surface area contributed by atoms with Gasteiger partial charge in [0.2, 0.25) is 0 Å².